The van der Waals surface area contributed by atoms with Crippen molar-refractivity contribution < 1.29 is 0 Å². The van der Waals surface area contributed by atoms with Crippen molar-refractivity contribution in [1.29, 1.82) is 5.26 Å². The highest BCUT2D eigenvalue weighted by atomic mass is 32.1. The number of benzene rings is 1. The summed E-state index contributed by atoms with van der Waals surface area (Å²) in [7, 11) is 2.01. The van der Waals surface area contributed by atoms with Gasteiger partial charge in [0, 0.05) is 23.8 Å². The van der Waals surface area contributed by atoms with E-state index in [1.165, 1.54) is 4.88 Å². The van der Waals surface area contributed by atoms with Crippen LogP contribution in [0.15, 0.2) is 36.0 Å². The molecule has 1 aromatic carbocycles. The highest BCUT2D eigenvalue weighted by Gasteiger charge is 2.03. The second-order valence-corrected chi connectivity index (χ2v) is 4.46. The lowest BCUT2D eigenvalue weighted by molar-refractivity contribution is 0.936. The van der Waals surface area contributed by atoms with E-state index >= 15 is 0 Å². The van der Waals surface area contributed by atoms with Crippen LogP contribution in [0.5, 0.6) is 0 Å². The Morgan fingerprint density at radius 2 is 2.38 bits per heavy atom. The topological polar surface area (TPSA) is 39.9 Å². The zero-order valence-corrected chi connectivity index (χ0v) is 9.74. The number of aromatic nitrogens is 1. The molecule has 16 heavy (non-hydrogen) atoms. The van der Waals surface area contributed by atoms with Crippen molar-refractivity contribution in [3.63, 3.8) is 0 Å². The smallest absolute Gasteiger partial charge is 0.0992 e. The fourth-order valence-electron chi connectivity index (χ4n) is 1.46. The normalized spacial score (nSPS) is 9.75. The molecule has 0 bridgehead atoms. The largest absolute Gasteiger partial charge is 0.369 e. The molecular weight excluding hydrogens is 218 g/mol. The van der Waals surface area contributed by atoms with Crippen molar-refractivity contribution in [2.45, 2.75) is 6.54 Å². The van der Waals surface area contributed by atoms with E-state index in [4.69, 9.17) is 5.26 Å². The Bertz CT molecular complexity index is 499. The lowest BCUT2D eigenvalue weighted by Crippen LogP contribution is -2.15. The minimum absolute atomic E-state index is 0.689. The second-order valence-electron chi connectivity index (χ2n) is 3.49. The quantitative estimate of drug-likeness (QED) is 0.812. The predicted octanol–water partition coefficient (Wildman–Crippen LogP) is 2.65. The first-order chi connectivity index (χ1) is 7.79. The highest BCUT2D eigenvalue weighted by Crippen LogP contribution is 2.18. The molecule has 0 fully saturated rings. The van der Waals surface area contributed by atoms with Gasteiger partial charge >= 0.3 is 0 Å². The molecule has 0 saturated carbocycles. The molecule has 80 valence electrons. The van der Waals surface area contributed by atoms with Gasteiger partial charge < -0.3 is 4.90 Å². The van der Waals surface area contributed by atoms with E-state index in [9.17, 15) is 0 Å². The standard InChI is InChI=1S/C12H11N3S/c1-15(8-12-7-14-9-16-12)11-4-2-3-10(5-11)6-13/h2-5,7,9H,8H2,1H3. The average Bonchev–Trinajstić information content (AvgIpc) is 2.82. The average molecular weight is 229 g/mol. The predicted molar refractivity (Wildman–Crippen MR) is 65.4 cm³/mol. The summed E-state index contributed by atoms with van der Waals surface area (Å²) >= 11 is 1.64. The van der Waals surface area contributed by atoms with Crippen LogP contribution in [-0.4, -0.2) is 12.0 Å². The molecule has 0 saturated heterocycles. The summed E-state index contributed by atoms with van der Waals surface area (Å²) in [6.07, 6.45) is 1.87. The van der Waals surface area contributed by atoms with Gasteiger partial charge in [-0.25, -0.2) is 0 Å². The third kappa shape index (κ3) is 2.38. The molecule has 0 amide bonds. The summed E-state index contributed by atoms with van der Waals surface area (Å²) in [5.74, 6) is 0. The number of nitriles is 1. The van der Waals surface area contributed by atoms with Crippen molar-refractivity contribution >= 4 is 17.0 Å². The summed E-state index contributed by atoms with van der Waals surface area (Å²) in [4.78, 5) is 7.36. The number of anilines is 1. The molecule has 0 N–H and O–H groups in total. The van der Waals surface area contributed by atoms with Crippen LogP contribution in [0.25, 0.3) is 0 Å². The zero-order chi connectivity index (χ0) is 11.4. The van der Waals surface area contributed by atoms with Crippen molar-refractivity contribution in [2.24, 2.45) is 0 Å². The number of rotatable bonds is 3. The minimum Gasteiger partial charge on any atom is -0.369 e. The third-order valence-corrected chi connectivity index (χ3v) is 3.06. The van der Waals surface area contributed by atoms with Gasteiger partial charge in [0.05, 0.1) is 23.7 Å². The SMILES string of the molecule is CN(Cc1cncs1)c1cccc(C#N)c1. The summed E-state index contributed by atoms with van der Waals surface area (Å²) in [6.45, 7) is 0.819. The first-order valence-corrected chi connectivity index (χ1v) is 5.76. The van der Waals surface area contributed by atoms with Crippen LogP contribution in [0, 0.1) is 11.3 Å². The Kier molecular flexibility index (Phi) is 3.18. The van der Waals surface area contributed by atoms with Gasteiger partial charge in [-0.1, -0.05) is 6.07 Å². The molecule has 4 heteroatoms. The summed E-state index contributed by atoms with van der Waals surface area (Å²) in [6, 6.07) is 9.75. The first kappa shape index (κ1) is 10.7. The highest BCUT2D eigenvalue weighted by molar-refractivity contribution is 7.09. The number of thiazole rings is 1. The molecule has 3 nitrogen and oxygen atoms in total. The van der Waals surface area contributed by atoms with Gasteiger partial charge in [-0.05, 0) is 18.2 Å². The van der Waals surface area contributed by atoms with Crippen molar-refractivity contribution in [2.75, 3.05) is 11.9 Å². The monoisotopic (exact) mass is 229 g/mol. The molecule has 0 aliphatic rings. The van der Waals surface area contributed by atoms with Gasteiger partial charge in [0.1, 0.15) is 0 Å². The lowest BCUT2D eigenvalue weighted by atomic mass is 10.2. The Labute approximate surface area is 98.6 Å². The van der Waals surface area contributed by atoms with Crippen LogP contribution in [0.1, 0.15) is 10.4 Å². The number of hydrogen-bond donors (Lipinski definition) is 0. The maximum Gasteiger partial charge on any atom is 0.0992 e. The molecule has 2 aromatic rings. The minimum atomic E-state index is 0.689. The van der Waals surface area contributed by atoms with E-state index in [2.05, 4.69) is 16.0 Å². The van der Waals surface area contributed by atoms with Gasteiger partial charge in [0.15, 0.2) is 0 Å². The number of hydrogen-bond acceptors (Lipinski definition) is 4. The van der Waals surface area contributed by atoms with E-state index < -0.39 is 0 Å². The summed E-state index contributed by atoms with van der Waals surface area (Å²) in [5, 5.41) is 8.82. The Hall–Kier alpha value is -1.86. The van der Waals surface area contributed by atoms with Gasteiger partial charge in [-0.15, -0.1) is 11.3 Å². The van der Waals surface area contributed by atoms with Crippen molar-refractivity contribution in [1.82, 2.24) is 4.98 Å². The summed E-state index contributed by atoms with van der Waals surface area (Å²) < 4.78 is 0. The van der Waals surface area contributed by atoms with Gasteiger partial charge in [0.2, 0.25) is 0 Å². The molecule has 0 atom stereocenters. The Morgan fingerprint density at radius 1 is 1.50 bits per heavy atom. The number of nitrogens with zero attached hydrogens (tertiary/aromatic N) is 3. The van der Waals surface area contributed by atoms with Crippen molar-refractivity contribution in [3.05, 3.63) is 46.4 Å². The van der Waals surface area contributed by atoms with Crippen LogP contribution in [0.2, 0.25) is 0 Å². The maximum absolute atomic E-state index is 8.82. The van der Waals surface area contributed by atoms with Crippen LogP contribution in [0.3, 0.4) is 0 Å². The van der Waals surface area contributed by atoms with E-state index in [0.29, 0.717) is 5.56 Å². The molecule has 2 rings (SSSR count). The van der Waals surface area contributed by atoms with Gasteiger partial charge in [-0.3, -0.25) is 4.98 Å². The molecule has 0 aliphatic carbocycles. The first-order valence-electron chi connectivity index (χ1n) is 4.88. The van der Waals surface area contributed by atoms with Crippen LogP contribution in [0.4, 0.5) is 5.69 Å². The van der Waals surface area contributed by atoms with Crippen LogP contribution >= 0.6 is 11.3 Å². The van der Waals surface area contributed by atoms with Gasteiger partial charge in [-0.2, -0.15) is 5.26 Å². The third-order valence-electron chi connectivity index (χ3n) is 2.29. The van der Waals surface area contributed by atoms with E-state index in [1.807, 2.05) is 43.0 Å². The lowest BCUT2D eigenvalue weighted by Gasteiger charge is -2.18. The summed E-state index contributed by atoms with van der Waals surface area (Å²) in [5.41, 5.74) is 3.57. The molecule has 0 radical (unpaired) electrons. The molecular formula is C12H11N3S. The van der Waals surface area contributed by atoms with Crippen LogP contribution in [-0.2, 0) is 6.54 Å². The Balaban J connectivity index is 2.15. The second kappa shape index (κ2) is 4.77. The fraction of sp³-hybridized carbons (Fsp3) is 0.167. The zero-order valence-electron chi connectivity index (χ0n) is 8.92. The van der Waals surface area contributed by atoms with Gasteiger partial charge in [0.25, 0.3) is 0 Å². The molecule has 0 unspecified atom stereocenters. The molecule has 1 aromatic heterocycles. The van der Waals surface area contributed by atoms with E-state index in [-0.39, 0.29) is 0 Å². The van der Waals surface area contributed by atoms with E-state index in [0.717, 1.165) is 12.2 Å². The molecule has 0 spiro atoms. The van der Waals surface area contributed by atoms with E-state index in [1.54, 1.807) is 11.3 Å². The van der Waals surface area contributed by atoms with Crippen LogP contribution < -0.4 is 4.90 Å². The Morgan fingerprint density at radius 3 is 3.06 bits per heavy atom. The fourth-order valence-corrected chi connectivity index (χ4v) is 2.11. The van der Waals surface area contributed by atoms with Crippen molar-refractivity contribution in [3.8, 4) is 6.07 Å². The molecule has 1 heterocycles. The molecule has 0 aliphatic heterocycles. The maximum atomic E-state index is 8.82.